The Balaban J connectivity index is 2.15. The molecule has 0 saturated carbocycles. The summed E-state index contributed by atoms with van der Waals surface area (Å²) in [6, 6.07) is 5.30. The van der Waals surface area contributed by atoms with Crippen molar-refractivity contribution in [1.29, 1.82) is 0 Å². The highest BCUT2D eigenvalue weighted by Gasteiger charge is 2.26. The molecule has 0 bridgehead atoms. The third-order valence-electron chi connectivity index (χ3n) is 4.38. The highest BCUT2D eigenvalue weighted by molar-refractivity contribution is 7.89. The van der Waals surface area contributed by atoms with Gasteiger partial charge in [0.1, 0.15) is 0 Å². The molecule has 0 atom stereocenters. The molecule has 0 saturated heterocycles. The molecule has 4 nitrogen and oxygen atoms in total. The molecule has 0 amide bonds. The number of nitrogens with one attached hydrogen (secondary N) is 2. The summed E-state index contributed by atoms with van der Waals surface area (Å²) in [6.07, 6.45) is 0.885. The normalized spacial score (nSPS) is 15.2. The molecule has 112 valence electrons. The average Bonchev–Trinajstić information content (AvgIpc) is 2.83. The van der Waals surface area contributed by atoms with Gasteiger partial charge in [0.05, 0.1) is 4.90 Å². The summed E-state index contributed by atoms with van der Waals surface area (Å²) < 4.78 is 27.5. The molecule has 0 spiro atoms. The summed E-state index contributed by atoms with van der Waals surface area (Å²) in [4.78, 5) is 0.361. The van der Waals surface area contributed by atoms with Gasteiger partial charge in [0.2, 0.25) is 10.0 Å². The number of hydrogen-bond acceptors (Lipinski definition) is 3. The number of fused-ring (bicyclic) bond motifs is 1. The van der Waals surface area contributed by atoms with E-state index in [-0.39, 0.29) is 5.41 Å². The van der Waals surface area contributed by atoms with E-state index in [9.17, 15) is 8.42 Å². The van der Waals surface area contributed by atoms with E-state index >= 15 is 0 Å². The molecule has 1 heterocycles. The fourth-order valence-electron chi connectivity index (χ4n) is 2.02. The Hall–Kier alpha value is -1.07. The molecule has 0 aliphatic carbocycles. The van der Waals surface area contributed by atoms with Crippen LogP contribution in [0.4, 0.5) is 5.69 Å². The molecule has 2 N–H and O–H groups in total. The Morgan fingerprint density at radius 1 is 1.35 bits per heavy atom. The fraction of sp³-hybridized carbons (Fsp3) is 0.600. The van der Waals surface area contributed by atoms with Crippen LogP contribution in [-0.4, -0.2) is 21.5 Å². The van der Waals surface area contributed by atoms with E-state index < -0.39 is 10.0 Å². The quantitative estimate of drug-likeness (QED) is 0.878. The zero-order valence-corrected chi connectivity index (χ0v) is 13.5. The van der Waals surface area contributed by atoms with E-state index in [0.29, 0.717) is 17.4 Å². The van der Waals surface area contributed by atoms with Gasteiger partial charge in [-0.1, -0.05) is 27.7 Å². The van der Waals surface area contributed by atoms with Crippen molar-refractivity contribution in [1.82, 2.24) is 4.72 Å². The van der Waals surface area contributed by atoms with Crippen LogP contribution in [0.3, 0.4) is 0 Å². The van der Waals surface area contributed by atoms with Gasteiger partial charge in [0.25, 0.3) is 0 Å². The molecule has 5 heteroatoms. The van der Waals surface area contributed by atoms with Crippen LogP contribution in [0.1, 0.15) is 33.3 Å². The van der Waals surface area contributed by atoms with Gasteiger partial charge < -0.3 is 5.32 Å². The summed E-state index contributed by atoms with van der Waals surface area (Å²) in [7, 11) is -3.43. The first-order valence-electron chi connectivity index (χ1n) is 7.09. The van der Waals surface area contributed by atoms with Crippen molar-refractivity contribution < 1.29 is 8.42 Å². The molecular weight excluding hydrogens is 272 g/mol. The highest BCUT2D eigenvalue weighted by Crippen LogP contribution is 2.27. The third-order valence-corrected chi connectivity index (χ3v) is 5.78. The smallest absolute Gasteiger partial charge is 0.240 e. The second-order valence-corrected chi connectivity index (χ2v) is 8.23. The predicted octanol–water partition coefficient (Wildman–Crippen LogP) is 2.62. The van der Waals surface area contributed by atoms with Crippen LogP contribution in [0.25, 0.3) is 0 Å². The maximum atomic E-state index is 12.4. The van der Waals surface area contributed by atoms with Crippen LogP contribution >= 0.6 is 0 Å². The Morgan fingerprint density at radius 2 is 2.05 bits per heavy atom. The number of hydrogen-bond donors (Lipinski definition) is 2. The van der Waals surface area contributed by atoms with Crippen molar-refractivity contribution in [3.8, 4) is 0 Å². The molecule has 0 radical (unpaired) electrons. The minimum Gasteiger partial charge on any atom is -0.384 e. The standard InChI is InChI=1S/C15H24N2O2S/c1-11(2)15(3,4)10-17-20(18,19)13-5-6-14-12(9-13)7-8-16-14/h5-6,9,11,16-17H,7-8,10H2,1-4H3. The van der Waals surface area contributed by atoms with Gasteiger partial charge in [-0.15, -0.1) is 0 Å². The van der Waals surface area contributed by atoms with Crippen LogP contribution in [0.2, 0.25) is 0 Å². The SMILES string of the molecule is CC(C)C(C)(C)CNS(=O)(=O)c1ccc2c(c1)CCN2. The van der Waals surface area contributed by atoms with Gasteiger partial charge in [0, 0.05) is 18.8 Å². The molecule has 0 unspecified atom stereocenters. The zero-order valence-electron chi connectivity index (χ0n) is 12.7. The minimum atomic E-state index is -3.43. The van der Waals surface area contributed by atoms with Crippen molar-refractivity contribution in [2.45, 2.75) is 39.0 Å². The Labute approximate surface area is 122 Å². The van der Waals surface area contributed by atoms with Gasteiger partial charge in [-0.3, -0.25) is 0 Å². The summed E-state index contributed by atoms with van der Waals surface area (Å²) in [6.45, 7) is 9.69. The van der Waals surface area contributed by atoms with Gasteiger partial charge in [-0.05, 0) is 41.5 Å². The first-order valence-corrected chi connectivity index (χ1v) is 8.57. The second-order valence-electron chi connectivity index (χ2n) is 6.46. The zero-order chi connectivity index (χ0) is 15.0. The number of sulfonamides is 1. The topological polar surface area (TPSA) is 58.2 Å². The van der Waals surface area contributed by atoms with E-state index in [4.69, 9.17) is 0 Å². The Morgan fingerprint density at radius 3 is 2.70 bits per heavy atom. The van der Waals surface area contributed by atoms with E-state index in [1.54, 1.807) is 12.1 Å². The third kappa shape index (κ3) is 3.15. The van der Waals surface area contributed by atoms with E-state index in [1.807, 2.05) is 6.07 Å². The average molecular weight is 296 g/mol. The van der Waals surface area contributed by atoms with E-state index in [2.05, 4.69) is 37.7 Å². The monoisotopic (exact) mass is 296 g/mol. The summed E-state index contributed by atoms with van der Waals surface area (Å²) in [5.41, 5.74) is 2.06. The summed E-state index contributed by atoms with van der Waals surface area (Å²) in [5.74, 6) is 0.412. The molecule has 20 heavy (non-hydrogen) atoms. The fourth-order valence-corrected chi connectivity index (χ4v) is 3.29. The largest absolute Gasteiger partial charge is 0.384 e. The van der Waals surface area contributed by atoms with Crippen LogP contribution in [0.15, 0.2) is 23.1 Å². The molecule has 1 aromatic carbocycles. The van der Waals surface area contributed by atoms with Gasteiger partial charge in [-0.25, -0.2) is 13.1 Å². The van der Waals surface area contributed by atoms with Crippen molar-refractivity contribution in [2.75, 3.05) is 18.4 Å². The molecule has 1 aliphatic heterocycles. The lowest BCUT2D eigenvalue weighted by atomic mass is 9.81. The number of anilines is 1. The second kappa shape index (κ2) is 5.37. The lowest BCUT2D eigenvalue weighted by molar-refractivity contribution is 0.252. The minimum absolute atomic E-state index is 0.0641. The molecule has 2 rings (SSSR count). The lowest BCUT2D eigenvalue weighted by Crippen LogP contribution is -2.36. The lowest BCUT2D eigenvalue weighted by Gasteiger charge is -2.29. The molecule has 1 aliphatic rings. The Kier molecular flexibility index (Phi) is 4.12. The Bertz CT molecular complexity index is 592. The van der Waals surface area contributed by atoms with Gasteiger partial charge in [-0.2, -0.15) is 0 Å². The van der Waals surface area contributed by atoms with Gasteiger partial charge >= 0.3 is 0 Å². The van der Waals surface area contributed by atoms with Crippen molar-refractivity contribution in [3.05, 3.63) is 23.8 Å². The van der Waals surface area contributed by atoms with Crippen molar-refractivity contribution >= 4 is 15.7 Å². The first-order chi connectivity index (χ1) is 9.22. The van der Waals surface area contributed by atoms with Crippen LogP contribution in [0.5, 0.6) is 0 Å². The van der Waals surface area contributed by atoms with Crippen LogP contribution in [-0.2, 0) is 16.4 Å². The van der Waals surface area contributed by atoms with E-state index in [0.717, 1.165) is 24.2 Å². The molecule has 0 aromatic heterocycles. The maximum Gasteiger partial charge on any atom is 0.240 e. The van der Waals surface area contributed by atoms with Crippen LogP contribution in [0, 0.1) is 11.3 Å². The summed E-state index contributed by atoms with van der Waals surface area (Å²) in [5, 5.41) is 3.23. The highest BCUT2D eigenvalue weighted by atomic mass is 32.2. The maximum absolute atomic E-state index is 12.4. The molecule has 0 fully saturated rings. The summed E-state index contributed by atoms with van der Waals surface area (Å²) >= 11 is 0. The van der Waals surface area contributed by atoms with Crippen molar-refractivity contribution in [2.24, 2.45) is 11.3 Å². The van der Waals surface area contributed by atoms with Gasteiger partial charge in [0.15, 0.2) is 0 Å². The molecular formula is C15H24N2O2S. The first kappa shape index (κ1) is 15.3. The number of benzene rings is 1. The number of rotatable bonds is 5. The van der Waals surface area contributed by atoms with Crippen molar-refractivity contribution in [3.63, 3.8) is 0 Å². The molecule has 1 aromatic rings. The predicted molar refractivity (Wildman–Crippen MR) is 82.4 cm³/mol. The van der Waals surface area contributed by atoms with E-state index in [1.165, 1.54) is 0 Å². The van der Waals surface area contributed by atoms with Crippen LogP contribution < -0.4 is 10.0 Å².